The number of benzene rings is 2. The summed E-state index contributed by atoms with van der Waals surface area (Å²) in [6.07, 6.45) is -1.54. The molecule has 0 N–H and O–H groups in total. The Morgan fingerprint density at radius 3 is 2.24 bits per heavy atom. The molecule has 7 nitrogen and oxygen atoms in total. The quantitative estimate of drug-likeness (QED) is 0.440. The van der Waals surface area contributed by atoms with Gasteiger partial charge < -0.3 is 0 Å². The summed E-state index contributed by atoms with van der Waals surface area (Å²) in [5.41, 5.74) is 0.0883. The van der Waals surface area contributed by atoms with Crippen LogP contribution in [0.3, 0.4) is 0 Å². The second-order valence-corrected chi connectivity index (χ2v) is 15.7. The van der Waals surface area contributed by atoms with E-state index in [1.54, 1.807) is 24.3 Å². The number of rotatable bonds is 4. The minimum atomic E-state index is -5.64. The van der Waals surface area contributed by atoms with Gasteiger partial charge in [0.15, 0.2) is 0 Å². The molecule has 2 saturated heterocycles. The maximum absolute atomic E-state index is 13.8. The molecule has 182 valence electrons. The van der Waals surface area contributed by atoms with Gasteiger partial charge in [0, 0.05) is 0 Å². The van der Waals surface area contributed by atoms with Crippen molar-refractivity contribution in [2.75, 3.05) is 13.2 Å². The molecule has 2 aromatic rings. The standard InChI is InChI=1S/C22H27Cl2O7P2/c1-21(2)14-27-32(25,29-20(21)17-12-8-9-13-18(17)23)31-33(24,26)28-15-22(3,4)19(30-33)16-10-6-5-7-11-16/h5-13,19-20H,14-15H2,1-4H3/q-1/t19-,20+,32?/m1/s1. The van der Waals surface area contributed by atoms with E-state index in [1.807, 2.05) is 58.0 Å². The molecule has 0 amide bonds. The Bertz CT molecular complexity index is 1020. The molecule has 0 aliphatic carbocycles. The second kappa shape index (κ2) is 8.62. The predicted octanol–water partition coefficient (Wildman–Crippen LogP) is 6.05. The molecule has 0 aromatic heterocycles. The van der Waals surface area contributed by atoms with Crippen molar-refractivity contribution in [1.82, 2.24) is 0 Å². The zero-order valence-corrected chi connectivity index (χ0v) is 22.1. The first-order valence-corrected chi connectivity index (χ1v) is 15.1. The fourth-order valence-electron chi connectivity index (χ4n) is 3.86. The summed E-state index contributed by atoms with van der Waals surface area (Å²) < 4.78 is 27.9. The third-order valence-corrected chi connectivity index (χ3v) is 11.0. The van der Waals surface area contributed by atoms with Crippen molar-refractivity contribution in [3.8, 4) is 0 Å². The first kappa shape index (κ1) is 25.7. The summed E-state index contributed by atoms with van der Waals surface area (Å²) in [6, 6.07) is 16.1. The molecule has 3 atom stereocenters. The Labute approximate surface area is 204 Å². The van der Waals surface area contributed by atoms with Gasteiger partial charge in [-0.1, -0.05) is 0 Å². The second-order valence-electron chi connectivity index (χ2n) is 9.68. The van der Waals surface area contributed by atoms with Crippen LogP contribution in [-0.4, -0.2) is 13.2 Å². The summed E-state index contributed by atoms with van der Waals surface area (Å²) in [5.74, 6) is 0. The van der Waals surface area contributed by atoms with Gasteiger partial charge in [-0.05, 0) is 0 Å². The third-order valence-electron chi connectivity index (χ3n) is 5.69. The summed E-state index contributed by atoms with van der Waals surface area (Å²) in [6.45, 7) is 1.75. The van der Waals surface area contributed by atoms with Gasteiger partial charge in [0.05, 0.1) is 0 Å². The first-order chi connectivity index (χ1) is 15.2. The van der Waals surface area contributed by atoms with Crippen molar-refractivity contribution in [3.63, 3.8) is 0 Å². The topological polar surface area (TPSA) is 92.3 Å². The molecule has 0 spiro atoms. The van der Waals surface area contributed by atoms with E-state index in [1.165, 1.54) is 0 Å². The van der Waals surface area contributed by atoms with E-state index in [2.05, 4.69) is 0 Å². The van der Waals surface area contributed by atoms with Crippen LogP contribution in [0.15, 0.2) is 54.6 Å². The molecule has 2 aliphatic heterocycles. The number of hydrogen-bond acceptors (Lipinski definition) is 7. The Balaban J connectivity index is 1.63. The van der Waals surface area contributed by atoms with Crippen LogP contribution >= 0.6 is 37.9 Å². The van der Waals surface area contributed by atoms with Crippen LogP contribution in [0.25, 0.3) is 0 Å². The van der Waals surface area contributed by atoms with Gasteiger partial charge in [-0.2, -0.15) is 0 Å². The van der Waals surface area contributed by atoms with E-state index in [0.717, 1.165) is 5.56 Å². The molecule has 11 heteroatoms. The zero-order chi connectivity index (χ0) is 24.1. The first-order valence-electron chi connectivity index (χ1n) is 10.5. The van der Waals surface area contributed by atoms with Crippen molar-refractivity contribution >= 4 is 37.9 Å². The van der Waals surface area contributed by atoms with E-state index < -0.39 is 38.1 Å². The van der Waals surface area contributed by atoms with Crippen LogP contribution in [0.1, 0.15) is 51.0 Å². The maximum atomic E-state index is 13.8. The van der Waals surface area contributed by atoms with E-state index in [4.69, 9.17) is 45.2 Å². The molecule has 2 heterocycles. The summed E-state index contributed by atoms with van der Waals surface area (Å²) in [4.78, 5) is 27.4. The Morgan fingerprint density at radius 1 is 0.970 bits per heavy atom. The average Bonchev–Trinajstić information content (AvgIpc) is 2.74. The molecule has 0 radical (unpaired) electrons. The Kier molecular flexibility index (Phi) is 6.71. The number of hydrogen-bond donors (Lipinski definition) is 0. The fraction of sp³-hybridized carbons (Fsp3) is 0.455. The van der Waals surface area contributed by atoms with Gasteiger partial charge >= 0.3 is 205 Å². The fourth-order valence-corrected chi connectivity index (χ4v) is 9.68. The Morgan fingerprint density at radius 2 is 1.58 bits per heavy atom. The predicted molar refractivity (Wildman–Crippen MR) is 126 cm³/mol. The van der Waals surface area contributed by atoms with Gasteiger partial charge in [0.1, 0.15) is 0 Å². The molecule has 0 saturated carbocycles. The zero-order valence-electron chi connectivity index (χ0n) is 18.8. The third kappa shape index (κ3) is 5.40. The van der Waals surface area contributed by atoms with Crippen LogP contribution in [0.5, 0.6) is 0 Å². The van der Waals surface area contributed by atoms with Crippen LogP contribution in [0, 0.1) is 10.8 Å². The van der Waals surface area contributed by atoms with Crippen LogP contribution in [-0.2, 0) is 22.4 Å². The van der Waals surface area contributed by atoms with Crippen LogP contribution in [0.4, 0.5) is 0 Å². The van der Waals surface area contributed by atoms with Crippen molar-refractivity contribution in [1.29, 1.82) is 0 Å². The normalized spacial score (nSPS) is 33.5. The Hall–Kier alpha value is -0.400. The summed E-state index contributed by atoms with van der Waals surface area (Å²) >= 11 is 12.7. The van der Waals surface area contributed by atoms with Crippen molar-refractivity contribution in [3.05, 3.63) is 70.7 Å². The van der Waals surface area contributed by atoms with Crippen LogP contribution < -0.4 is 9.79 Å². The van der Waals surface area contributed by atoms with Gasteiger partial charge in [-0.3, -0.25) is 0 Å². The summed E-state index contributed by atoms with van der Waals surface area (Å²) in [7, 11) is -4.49. The SMILES string of the molecule is CC1(C)COP([O-])(Cl)(O[P+]2([O-])OCC(C)(C)[C@H](c3ccccc3Cl)O2)O[C@@H]1c1ccccc1. The molecule has 33 heavy (non-hydrogen) atoms. The average molecular weight is 536 g/mol. The van der Waals surface area contributed by atoms with Crippen LogP contribution in [0.2, 0.25) is 5.02 Å². The number of halogens is 2. The van der Waals surface area contributed by atoms with E-state index >= 15 is 0 Å². The van der Waals surface area contributed by atoms with E-state index in [-0.39, 0.29) is 13.2 Å². The van der Waals surface area contributed by atoms with Crippen molar-refractivity contribution in [2.24, 2.45) is 10.8 Å². The van der Waals surface area contributed by atoms with Crippen molar-refractivity contribution < 1.29 is 32.2 Å². The van der Waals surface area contributed by atoms with E-state index in [0.29, 0.717) is 10.6 Å². The number of phosphoric acid groups is 1. The molecular formula is C22H27Cl2O7P2-. The number of phosphoric ester groups is 1. The minimum absolute atomic E-state index is 0.0306. The van der Waals surface area contributed by atoms with E-state index in [9.17, 15) is 9.79 Å². The van der Waals surface area contributed by atoms with Gasteiger partial charge in [-0.25, -0.2) is 0 Å². The van der Waals surface area contributed by atoms with Gasteiger partial charge in [0.25, 0.3) is 0 Å². The molecule has 2 aromatic carbocycles. The summed E-state index contributed by atoms with van der Waals surface area (Å²) in [5, 5.41) is 0.425. The van der Waals surface area contributed by atoms with Gasteiger partial charge in [0.2, 0.25) is 0 Å². The molecule has 4 rings (SSSR count). The molecule has 2 aliphatic rings. The molecule has 1 unspecified atom stereocenters. The van der Waals surface area contributed by atoms with Crippen molar-refractivity contribution in [2.45, 2.75) is 39.9 Å². The van der Waals surface area contributed by atoms with Gasteiger partial charge in [-0.15, -0.1) is 0 Å². The molecule has 0 bridgehead atoms. The monoisotopic (exact) mass is 535 g/mol. The molecular weight excluding hydrogens is 509 g/mol. The molecule has 2 fully saturated rings.